The highest BCUT2D eigenvalue weighted by molar-refractivity contribution is 5.94. The summed E-state index contributed by atoms with van der Waals surface area (Å²) in [6, 6.07) is 4.29. The smallest absolute Gasteiger partial charge is 0.157 e. The predicted molar refractivity (Wildman–Crippen MR) is 124 cm³/mol. The van der Waals surface area contributed by atoms with E-state index in [9.17, 15) is 8.78 Å². The third-order valence-corrected chi connectivity index (χ3v) is 6.66. The molecule has 2 atom stereocenters. The number of morpholine rings is 1. The fourth-order valence-electron chi connectivity index (χ4n) is 4.74. The Morgan fingerprint density at radius 3 is 2.79 bits per heavy atom. The van der Waals surface area contributed by atoms with Crippen molar-refractivity contribution in [3.05, 3.63) is 52.9 Å². The Labute approximate surface area is 191 Å². The fourth-order valence-corrected chi connectivity index (χ4v) is 4.74. The summed E-state index contributed by atoms with van der Waals surface area (Å²) in [4.78, 5) is 9.45. The van der Waals surface area contributed by atoms with Gasteiger partial charge in [-0.1, -0.05) is 0 Å². The maximum Gasteiger partial charge on any atom is 0.157 e. The standard InChI is InChI=1S/C24H28F2N6O/c1-14-8-17(25)9-19(23(14)26)15(2)28-24-20-10-22(27-11-21(20)16(3)29-30-24)32-5-4-31-6-7-33-13-18(31)12-32/h8-11,15,18H,4-7,12-13H2,1-3H3,(H,28,30)/t15-,18+/m1/s1. The third kappa shape index (κ3) is 4.22. The van der Waals surface area contributed by atoms with Crippen molar-refractivity contribution in [1.82, 2.24) is 20.1 Å². The largest absolute Gasteiger partial charge is 0.378 e. The van der Waals surface area contributed by atoms with Crippen LogP contribution >= 0.6 is 0 Å². The molecule has 9 heteroatoms. The number of fused-ring (bicyclic) bond motifs is 2. The fraction of sp³-hybridized carbons (Fsp3) is 0.458. The number of nitrogens with one attached hydrogen (secondary N) is 1. The molecule has 0 radical (unpaired) electrons. The Hall–Kier alpha value is -2.91. The van der Waals surface area contributed by atoms with Crippen LogP contribution in [-0.2, 0) is 4.74 Å². The van der Waals surface area contributed by atoms with Crippen LogP contribution in [0.4, 0.5) is 20.4 Å². The number of hydrogen-bond acceptors (Lipinski definition) is 7. The maximum absolute atomic E-state index is 14.7. The molecule has 1 N–H and O–H groups in total. The first-order chi connectivity index (χ1) is 15.9. The van der Waals surface area contributed by atoms with Crippen LogP contribution in [-0.4, -0.2) is 65.5 Å². The van der Waals surface area contributed by atoms with Crippen molar-refractivity contribution in [1.29, 1.82) is 0 Å². The molecule has 0 amide bonds. The van der Waals surface area contributed by atoms with Gasteiger partial charge in [-0.15, -0.1) is 5.10 Å². The Morgan fingerprint density at radius 1 is 1.09 bits per heavy atom. The number of rotatable bonds is 4. The van der Waals surface area contributed by atoms with E-state index in [1.54, 1.807) is 13.8 Å². The van der Waals surface area contributed by atoms with Crippen LogP contribution in [0.2, 0.25) is 0 Å². The average molecular weight is 455 g/mol. The molecule has 2 aromatic heterocycles. The van der Waals surface area contributed by atoms with Crippen molar-refractivity contribution in [3.63, 3.8) is 0 Å². The first-order valence-corrected chi connectivity index (χ1v) is 11.3. The summed E-state index contributed by atoms with van der Waals surface area (Å²) >= 11 is 0. The summed E-state index contributed by atoms with van der Waals surface area (Å²) in [5.74, 6) is 0.502. The molecule has 0 saturated carbocycles. The second-order valence-corrected chi connectivity index (χ2v) is 8.92. The predicted octanol–water partition coefficient (Wildman–Crippen LogP) is 3.61. The van der Waals surface area contributed by atoms with Gasteiger partial charge < -0.3 is 15.0 Å². The normalized spacial score (nSPS) is 20.0. The molecule has 4 heterocycles. The van der Waals surface area contributed by atoms with Crippen LogP contribution < -0.4 is 10.2 Å². The van der Waals surface area contributed by atoms with E-state index < -0.39 is 17.7 Å². The molecule has 2 aliphatic rings. The lowest BCUT2D eigenvalue weighted by Crippen LogP contribution is -2.58. The molecule has 0 unspecified atom stereocenters. The minimum absolute atomic E-state index is 0.255. The summed E-state index contributed by atoms with van der Waals surface area (Å²) in [7, 11) is 0. The van der Waals surface area contributed by atoms with Crippen molar-refractivity contribution in [2.45, 2.75) is 32.9 Å². The van der Waals surface area contributed by atoms with Crippen LogP contribution in [0, 0.1) is 25.5 Å². The van der Waals surface area contributed by atoms with E-state index in [0.29, 0.717) is 11.9 Å². The SMILES string of the molecule is Cc1cc(F)cc([C@@H](C)Nc2nnc(C)c3cnc(N4CCN5CCOC[C@@H]5C4)cc23)c1F. The van der Waals surface area contributed by atoms with Gasteiger partial charge in [0.1, 0.15) is 17.5 Å². The molecule has 33 heavy (non-hydrogen) atoms. The molecular formula is C24H28F2N6O. The summed E-state index contributed by atoms with van der Waals surface area (Å²) in [6.07, 6.45) is 1.82. The van der Waals surface area contributed by atoms with Gasteiger partial charge >= 0.3 is 0 Å². The zero-order valence-electron chi connectivity index (χ0n) is 19.1. The molecule has 0 bridgehead atoms. The highest BCUT2D eigenvalue weighted by atomic mass is 19.1. The topological polar surface area (TPSA) is 66.4 Å². The Morgan fingerprint density at radius 2 is 1.94 bits per heavy atom. The number of halogens is 2. The van der Waals surface area contributed by atoms with Crippen molar-refractivity contribution < 1.29 is 13.5 Å². The first-order valence-electron chi connectivity index (χ1n) is 11.3. The third-order valence-electron chi connectivity index (χ3n) is 6.66. The highest BCUT2D eigenvalue weighted by Gasteiger charge is 2.30. The van der Waals surface area contributed by atoms with Gasteiger partial charge in [-0.3, -0.25) is 4.90 Å². The zero-order chi connectivity index (χ0) is 23.1. The number of benzene rings is 1. The molecular weight excluding hydrogens is 426 g/mol. The van der Waals surface area contributed by atoms with Crippen molar-refractivity contribution in [2.75, 3.05) is 49.6 Å². The molecule has 7 nitrogen and oxygen atoms in total. The summed E-state index contributed by atoms with van der Waals surface area (Å²) in [5, 5.41) is 13.6. The molecule has 1 aromatic carbocycles. The van der Waals surface area contributed by atoms with Gasteiger partial charge in [-0.05, 0) is 44.5 Å². The molecule has 174 valence electrons. The van der Waals surface area contributed by atoms with E-state index in [-0.39, 0.29) is 11.1 Å². The van der Waals surface area contributed by atoms with E-state index in [2.05, 4.69) is 25.3 Å². The maximum atomic E-state index is 14.7. The van der Waals surface area contributed by atoms with Gasteiger partial charge in [-0.25, -0.2) is 13.8 Å². The van der Waals surface area contributed by atoms with Crippen LogP contribution in [0.5, 0.6) is 0 Å². The molecule has 5 rings (SSSR count). The Bertz CT molecular complexity index is 1190. The van der Waals surface area contributed by atoms with Crippen LogP contribution in [0.3, 0.4) is 0 Å². The quantitative estimate of drug-likeness (QED) is 0.646. The molecule has 0 aliphatic carbocycles. The van der Waals surface area contributed by atoms with Gasteiger partial charge in [0.25, 0.3) is 0 Å². The van der Waals surface area contributed by atoms with Gasteiger partial charge in [0.15, 0.2) is 5.82 Å². The summed E-state index contributed by atoms with van der Waals surface area (Å²) in [6.45, 7) is 10.4. The Kier molecular flexibility index (Phi) is 5.84. The molecule has 2 aliphatic heterocycles. The number of aryl methyl sites for hydroxylation is 2. The lowest BCUT2D eigenvalue weighted by atomic mass is 10.0. The molecule has 2 fully saturated rings. The van der Waals surface area contributed by atoms with E-state index in [0.717, 1.165) is 61.7 Å². The number of aromatic nitrogens is 3. The van der Waals surface area contributed by atoms with E-state index in [4.69, 9.17) is 9.72 Å². The Balaban J connectivity index is 1.46. The average Bonchev–Trinajstić information content (AvgIpc) is 2.82. The lowest BCUT2D eigenvalue weighted by Gasteiger charge is -2.44. The number of pyridine rings is 1. The van der Waals surface area contributed by atoms with E-state index in [1.165, 1.54) is 12.1 Å². The lowest BCUT2D eigenvalue weighted by molar-refractivity contribution is -0.0117. The first kappa shape index (κ1) is 21.9. The van der Waals surface area contributed by atoms with Gasteiger partial charge in [0.05, 0.1) is 31.0 Å². The van der Waals surface area contributed by atoms with Crippen molar-refractivity contribution >= 4 is 22.4 Å². The summed E-state index contributed by atoms with van der Waals surface area (Å²) < 4.78 is 34.3. The van der Waals surface area contributed by atoms with Crippen molar-refractivity contribution in [3.8, 4) is 0 Å². The van der Waals surface area contributed by atoms with Gasteiger partial charge in [0, 0.05) is 48.7 Å². The second kappa shape index (κ2) is 8.79. The number of hydrogen-bond donors (Lipinski definition) is 1. The van der Waals surface area contributed by atoms with Crippen LogP contribution in [0.25, 0.3) is 10.8 Å². The minimum atomic E-state index is -0.501. The number of piperazine rings is 1. The number of nitrogens with zero attached hydrogens (tertiary/aromatic N) is 5. The second-order valence-electron chi connectivity index (χ2n) is 8.92. The van der Waals surface area contributed by atoms with E-state index in [1.807, 2.05) is 19.2 Å². The monoisotopic (exact) mass is 454 g/mol. The molecule has 3 aromatic rings. The number of ether oxygens (including phenoxy) is 1. The van der Waals surface area contributed by atoms with Crippen LogP contribution in [0.15, 0.2) is 24.4 Å². The summed E-state index contributed by atoms with van der Waals surface area (Å²) in [5.41, 5.74) is 1.29. The van der Waals surface area contributed by atoms with Crippen molar-refractivity contribution in [2.24, 2.45) is 0 Å². The van der Waals surface area contributed by atoms with Crippen LogP contribution in [0.1, 0.15) is 29.8 Å². The van der Waals surface area contributed by atoms with Gasteiger partial charge in [0.2, 0.25) is 0 Å². The molecule has 2 saturated heterocycles. The highest BCUT2D eigenvalue weighted by Crippen LogP contribution is 2.31. The van der Waals surface area contributed by atoms with E-state index >= 15 is 0 Å². The molecule has 0 spiro atoms. The minimum Gasteiger partial charge on any atom is -0.378 e. The van der Waals surface area contributed by atoms with Gasteiger partial charge in [-0.2, -0.15) is 5.10 Å². The number of anilines is 2. The zero-order valence-corrected chi connectivity index (χ0v) is 19.1.